The second-order valence-corrected chi connectivity index (χ2v) is 7.35. The highest BCUT2D eigenvalue weighted by Gasteiger charge is 2.54. The molecule has 3 fully saturated rings. The van der Waals surface area contributed by atoms with Gasteiger partial charge in [-0.2, -0.15) is 0 Å². The van der Waals surface area contributed by atoms with E-state index in [0.717, 1.165) is 30.6 Å². The van der Waals surface area contributed by atoms with Crippen molar-refractivity contribution in [3.63, 3.8) is 0 Å². The maximum atomic E-state index is 6.38. The van der Waals surface area contributed by atoms with Crippen LogP contribution in [0, 0.1) is 5.92 Å². The monoisotopic (exact) mass is 285 g/mol. The maximum absolute atomic E-state index is 6.38. The molecule has 0 amide bonds. The number of benzene rings is 1. The number of para-hydroxylation sites is 1. The number of nitrogens with one attached hydrogen (secondary N) is 1. The first kappa shape index (κ1) is 12.3. The molecule has 3 nitrogen and oxygen atoms in total. The number of fused-ring (bicyclic) bond motifs is 2. The minimum Gasteiger partial charge on any atom is -0.489 e. The summed E-state index contributed by atoms with van der Waals surface area (Å²) in [5.41, 5.74) is 1.68. The van der Waals surface area contributed by atoms with Gasteiger partial charge in [0.25, 0.3) is 0 Å². The first-order valence-corrected chi connectivity index (χ1v) is 8.51. The van der Waals surface area contributed by atoms with Crippen molar-refractivity contribution in [3.8, 4) is 11.5 Å². The SMILES string of the molecule is c1cc(OCC2CC2)c2c(c1)[C@]13CCC[C@@H](C1)NC[C@@H]3O2. The zero-order chi connectivity index (χ0) is 13.9. The van der Waals surface area contributed by atoms with Crippen molar-refractivity contribution < 1.29 is 9.47 Å². The van der Waals surface area contributed by atoms with Crippen LogP contribution in [0.25, 0.3) is 0 Å². The Morgan fingerprint density at radius 1 is 1.29 bits per heavy atom. The van der Waals surface area contributed by atoms with E-state index in [2.05, 4.69) is 23.5 Å². The summed E-state index contributed by atoms with van der Waals surface area (Å²) in [5.74, 6) is 2.81. The third-order valence-electron chi connectivity index (χ3n) is 5.94. The van der Waals surface area contributed by atoms with E-state index in [1.165, 1.54) is 44.1 Å². The number of ether oxygens (including phenoxy) is 2. The molecule has 1 aromatic rings. The predicted molar refractivity (Wildman–Crippen MR) is 81.0 cm³/mol. The molecule has 2 heterocycles. The summed E-state index contributed by atoms with van der Waals surface area (Å²) in [7, 11) is 0. The standard InChI is InChI=1S/C18H23NO2/c1-4-14-17(15(5-1)20-11-12-6-7-12)21-16-10-19-13-3-2-8-18(14,16)9-13/h1,4-5,12-13,16,19H,2-3,6-11H2/t13-,16-,18-/m0/s1. The van der Waals surface area contributed by atoms with Gasteiger partial charge in [0.15, 0.2) is 11.5 Å². The van der Waals surface area contributed by atoms with Crippen LogP contribution in [0.1, 0.15) is 44.1 Å². The summed E-state index contributed by atoms with van der Waals surface area (Å²) < 4.78 is 12.5. The fourth-order valence-electron chi connectivity index (χ4n) is 4.59. The Morgan fingerprint density at radius 2 is 2.24 bits per heavy atom. The summed E-state index contributed by atoms with van der Waals surface area (Å²) in [5, 5.41) is 3.67. The summed E-state index contributed by atoms with van der Waals surface area (Å²) in [6, 6.07) is 7.21. The van der Waals surface area contributed by atoms with Gasteiger partial charge in [-0.1, -0.05) is 18.6 Å². The number of rotatable bonds is 3. The lowest BCUT2D eigenvalue weighted by Crippen LogP contribution is -2.57. The average molecular weight is 285 g/mol. The van der Waals surface area contributed by atoms with Gasteiger partial charge in [-0.05, 0) is 44.1 Å². The van der Waals surface area contributed by atoms with Crippen molar-refractivity contribution in [1.29, 1.82) is 0 Å². The van der Waals surface area contributed by atoms with Gasteiger partial charge in [0.1, 0.15) is 6.10 Å². The first-order valence-electron chi connectivity index (χ1n) is 8.51. The third kappa shape index (κ3) is 1.83. The van der Waals surface area contributed by atoms with Crippen LogP contribution >= 0.6 is 0 Å². The van der Waals surface area contributed by atoms with Crippen LogP contribution in [0.4, 0.5) is 0 Å². The van der Waals surface area contributed by atoms with E-state index in [0.29, 0.717) is 12.1 Å². The molecule has 0 unspecified atom stereocenters. The van der Waals surface area contributed by atoms with E-state index < -0.39 is 0 Å². The zero-order valence-corrected chi connectivity index (χ0v) is 12.4. The molecule has 5 rings (SSSR count). The molecule has 2 aliphatic carbocycles. The van der Waals surface area contributed by atoms with Gasteiger partial charge in [-0.25, -0.2) is 0 Å². The lowest BCUT2D eigenvalue weighted by molar-refractivity contribution is 0.0600. The van der Waals surface area contributed by atoms with Crippen LogP contribution in [-0.4, -0.2) is 25.3 Å². The molecule has 2 aliphatic heterocycles. The quantitative estimate of drug-likeness (QED) is 0.926. The minimum absolute atomic E-state index is 0.252. The van der Waals surface area contributed by atoms with E-state index in [9.17, 15) is 0 Å². The fourth-order valence-corrected chi connectivity index (χ4v) is 4.59. The Morgan fingerprint density at radius 3 is 3.14 bits per heavy atom. The van der Waals surface area contributed by atoms with Crippen LogP contribution < -0.4 is 14.8 Å². The molecule has 1 saturated heterocycles. The van der Waals surface area contributed by atoms with Crippen molar-refractivity contribution in [2.24, 2.45) is 5.92 Å². The molecule has 3 atom stereocenters. The lowest BCUT2D eigenvalue weighted by atomic mass is 9.63. The van der Waals surface area contributed by atoms with Crippen LogP contribution in [0.3, 0.4) is 0 Å². The number of piperidine rings is 1. The molecule has 112 valence electrons. The van der Waals surface area contributed by atoms with Crippen LogP contribution in [0.2, 0.25) is 0 Å². The van der Waals surface area contributed by atoms with Crippen LogP contribution in [-0.2, 0) is 5.41 Å². The minimum atomic E-state index is 0.252. The molecular weight excluding hydrogens is 262 g/mol. The Labute approximate surface area is 126 Å². The molecule has 21 heavy (non-hydrogen) atoms. The summed E-state index contributed by atoms with van der Waals surface area (Å²) in [6.45, 7) is 1.85. The average Bonchev–Trinajstić information content (AvgIpc) is 3.28. The van der Waals surface area contributed by atoms with E-state index in [1.54, 1.807) is 0 Å². The van der Waals surface area contributed by atoms with Crippen molar-refractivity contribution in [3.05, 3.63) is 23.8 Å². The second-order valence-electron chi connectivity index (χ2n) is 7.35. The van der Waals surface area contributed by atoms with Gasteiger partial charge in [0, 0.05) is 23.6 Å². The van der Waals surface area contributed by atoms with E-state index in [1.807, 2.05) is 0 Å². The van der Waals surface area contributed by atoms with E-state index in [4.69, 9.17) is 9.47 Å². The van der Waals surface area contributed by atoms with Gasteiger partial charge >= 0.3 is 0 Å². The van der Waals surface area contributed by atoms with Crippen molar-refractivity contribution >= 4 is 0 Å². The van der Waals surface area contributed by atoms with Crippen LogP contribution in [0.5, 0.6) is 11.5 Å². The van der Waals surface area contributed by atoms with Crippen molar-refractivity contribution in [2.75, 3.05) is 13.2 Å². The Kier molecular flexibility index (Phi) is 2.58. The van der Waals surface area contributed by atoms with Crippen LogP contribution in [0.15, 0.2) is 18.2 Å². The molecule has 1 spiro atoms. The zero-order valence-electron chi connectivity index (χ0n) is 12.4. The van der Waals surface area contributed by atoms with Crippen molar-refractivity contribution in [1.82, 2.24) is 5.32 Å². The third-order valence-corrected chi connectivity index (χ3v) is 5.94. The highest BCUT2D eigenvalue weighted by molar-refractivity contribution is 5.55. The fraction of sp³-hybridized carbons (Fsp3) is 0.667. The molecule has 1 N–H and O–H groups in total. The summed E-state index contributed by atoms with van der Waals surface area (Å²) in [4.78, 5) is 0. The predicted octanol–water partition coefficient (Wildman–Crippen LogP) is 3.02. The van der Waals surface area contributed by atoms with Gasteiger partial charge in [0.05, 0.1) is 6.61 Å². The number of hydrogen-bond acceptors (Lipinski definition) is 3. The molecule has 2 saturated carbocycles. The smallest absolute Gasteiger partial charge is 0.165 e. The highest BCUT2D eigenvalue weighted by Crippen LogP contribution is 2.55. The molecular formula is C18H23NO2. The normalized spacial score (nSPS) is 36.6. The Hall–Kier alpha value is -1.22. The summed E-state index contributed by atoms with van der Waals surface area (Å²) >= 11 is 0. The molecule has 0 radical (unpaired) electrons. The topological polar surface area (TPSA) is 30.5 Å². The summed E-state index contributed by atoms with van der Waals surface area (Å²) in [6.07, 6.45) is 8.09. The molecule has 2 bridgehead atoms. The largest absolute Gasteiger partial charge is 0.489 e. The number of hydrogen-bond donors (Lipinski definition) is 1. The van der Waals surface area contributed by atoms with E-state index in [-0.39, 0.29) is 5.41 Å². The molecule has 1 aromatic carbocycles. The maximum Gasteiger partial charge on any atom is 0.165 e. The molecule has 4 aliphatic rings. The Balaban J connectivity index is 1.52. The van der Waals surface area contributed by atoms with Crippen molar-refractivity contribution in [2.45, 2.75) is 56.1 Å². The lowest BCUT2D eigenvalue weighted by Gasteiger charge is -2.46. The van der Waals surface area contributed by atoms with Gasteiger partial charge in [-0.3, -0.25) is 0 Å². The van der Waals surface area contributed by atoms with Gasteiger partial charge in [-0.15, -0.1) is 0 Å². The second kappa shape index (κ2) is 4.39. The van der Waals surface area contributed by atoms with Gasteiger partial charge < -0.3 is 14.8 Å². The molecule has 3 heteroatoms. The molecule has 0 aromatic heterocycles. The highest BCUT2D eigenvalue weighted by atomic mass is 16.5. The Bertz CT molecular complexity index is 568. The van der Waals surface area contributed by atoms with Gasteiger partial charge in [0.2, 0.25) is 0 Å². The first-order chi connectivity index (χ1) is 10.4. The van der Waals surface area contributed by atoms with E-state index >= 15 is 0 Å².